The molecule has 0 fully saturated rings. The molecule has 1 heterocycles. The Labute approximate surface area is 100 Å². The van der Waals surface area contributed by atoms with Crippen LogP contribution in [0.25, 0.3) is 0 Å². The maximum absolute atomic E-state index is 13.4. The molecule has 0 atom stereocenters. The molecular weight excluding hydrogens is 219 g/mol. The molecule has 0 saturated heterocycles. The lowest BCUT2D eigenvalue weighted by Crippen LogP contribution is -2.20. The minimum Gasteiger partial charge on any atom is -0.466 e. The summed E-state index contributed by atoms with van der Waals surface area (Å²) < 4.78 is 24.4. The third kappa shape index (κ3) is 2.74. The molecule has 0 N–H and O–H groups in total. The molecule has 0 spiro atoms. The van der Waals surface area contributed by atoms with Gasteiger partial charge in [-0.3, -0.25) is 0 Å². The first kappa shape index (κ1) is 11.9. The van der Waals surface area contributed by atoms with Gasteiger partial charge in [-0.1, -0.05) is 18.2 Å². The Morgan fingerprint density at radius 2 is 1.94 bits per heavy atom. The highest BCUT2D eigenvalue weighted by molar-refractivity contribution is 5.16. The molecule has 0 radical (unpaired) electrons. The predicted octanol–water partition coefficient (Wildman–Crippen LogP) is 3.87. The van der Waals surface area contributed by atoms with E-state index in [0.29, 0.717) is 5.56 Å². The highest BCUT2D eigenvalue weighted by atomic mass is 19.1. The first-order valence-electron chi connectivity index (χ1n) is 5.51. The summed E-state index contributed by atoms with van der Waals surface area (Å²) in [6, 6.07) is 10.3. The van der Waals surface area contributed by atoms with Gasteiger partial charge in [0.25, 0.3) is 0 Å². The fourth-order valence-corrected chi connectivity index (χ4v) is 1.57. The number of rotatable bonds is 4. The van der Waals surface area contributed by atoms with Crippen molar-refractivity contribution in [3.63, 3.8) is 0 Å². The first-order valence-corrected chi connectivity index (χ1v) is 5.51. The molecule has 2 nitrogen and oxygen atoms in total. The van der Waals surface area contributed by atoms with Gasteiger partial charge in [0.15, 0.2) is 0 Å². The molecule has 17 heavy (non-hydrogen) atoms. The first-order chi connectivity index (χ1) is 8.09. The normalized spacial score (nSPS) is 11.7. The molecule has 1 aromatic carbocycles. The molecule has 0 bridgehead atoms. The second-order valence-corrected chi connectivity index (χ2v) is 4.37. The second-order valence-electron chi connectivity index (χ2n) is 4.37. The molecule has 0 unspecified atom stereocenters. The van der Waals surface area contributed by atoms with E-state index in [4.69, 9.17) is 9.15 Å². The van der Waals surface area contributed by atoms with E-state index in [0.717, 1.165) is 5.76 Å². The maximum atomic E-state index is 13.4. The number of benzene rings is 1. The van der Waals surface area contributed by atoms with E-state index in [-0.39, 0.29) is 12.4 Å². The standard InChI is InChI=1S/C14H15FO2/c1-14(2,13-8-5-9-16-13)17-10-11-6-3-4-7-12(11)15/h3-9H,10H2,1-2H3. The molecule has 2 aromatic rings. The van der Waals surface area contributed by atoms with E-state index in [1.807, 2.05) is 26.0 Å². The van der Waals surface area contributed by atoms with Gasteiger partial charge in [-0.15, -0.1) is 0 Å². The van der Waals surface area contributed by atoms with Gasteiger partial charge in [0.2, 0.25) is 0 Å². The van der Waals surface area contributed by atoms with Crippen molar-refractivity contribution in [1.82, 2.24) is 0 Å². The Bertz CT molecular complexity index is 475. The number of hydrogen-bond donors (Lipinski definition) is 0. The van der Waals surface area contributed by atoms with Gasteiger partial charge in [0, 0.05) is 5.56 Å². The van der Waals surface area contributed by atoms with Crippen LogP contribution in [-0.2, 0) is 16.9 Å². The van der Waals surface area contributed by atoms with Gasteiger partial charge in [-0.25, -0.2) is 4.39 Å². The van der Waals surface area contributed by atoms with Crippen molar-refractivity contribution < 1.29 is 13.5 Å². The van der Waals surface area contributed by atoms with Crippen LogP contribution in [0.5, 0.6) is 0 Å². The zero-order valence-corrected chi connectivity index (χ0v) is 9.94. The summed E-state index contributed by atoms with van der Waals surface area (Å²) in [5.41, 5.74) is -0.0154. The van der Waals surface area contributed by atoms with Crippen molar-refractivity contribution in [1.29, 1.82) is 0 Å². The molecule has 2 rings (SSSR count). The Balaban J connectivity index is 2.06. The van der Waals surface area contributed by atoms with Crippen LogP contribution in [0, 0.1) is 5.82 Å². The highest BCUT2D eigenvalue weighted by Crippen LogP contribution is 2.26. The van der Waals surface area contributed by atoms with E-state index < -0.39 is 5.60 Å². The van der Waals surface area contributed by atoms with Crippen molar-refractivity contribution in [2.75, 3.05) is 0 Å². The largest absolute Gasteiger partial charge is 0.466 e. The minimum absolute atomic E-state index is 0.223. The van der Waals surface area contributed by atoms with Crippen molar-refractivity contribution >= 4 is 0 Å². The minimum atomic E-state index is -0.564. The van der Waals surface area contributed by atoms with Gasteiger partial charge >= 0.3 is 0 Å². The molecule has 0 amide bonds. The van der Waals surface area contributed by atoms with Crippen LogP contribution < -0.4 is 0 Å². The SMILES string of the molecule is CC(C)(OCc1ccccc1F)c1ccco1. The van der Waals surface area contributed by atoms with Crippen LogP contribution in [0.4, 0.5) is 4.39 Å². The van der Waals surface area contributed by atoms with Gasteiger partial charge in [-0.05, 0) is 32.0 Å². The average molecular weight is 234 g/mol. The lowest BCUT2D eigenvalue weighted by atomic mass is 10.1. The van der Waals surface area contributed by atoms with Gasteiger partial charge < -0.3 is 9.15 Å². The quantitative estimate of drug-likeness (QED) is 0.801. The van der Waals surface area contributed by atoms with Gasteiger partial charge in [0.05, 0.1) is 12.9 Å². The van der Waals surface area contributed by atoms with Crippen LogP contribution in [0.15, 0.2) is 47.1 Å². The van der Waals surface area contributed by atoms with Crippen molar-refractivity contribution in [2.24, 2.45) is 0 Å². The van der Waals surface area contributed by atoms with E-state index in [1.54, 1.807) is 24.5 Å². The Kier molecular flexibility index (Phi) is 3.29. The maximum Gasteiger partial charge on any atom is 0.135 e. The summed E-state index contributed by atoms with van der Waals surface area (Å²) in [4.78, 5) is 0. The monoisotopic (exact) mass is 234 g/mol. The molecule has 3 heteroatoms. The summed E-state index contributed by atoms with van der Waals surface area (Å²) in [5, 5.41) is 0. The van der Waals surface area contributed by atoms with E-state index in [1.165, 1.54) is 6.07 Å². The van der Waals surface area contributed by atoms with Crippen LogP contribution in [0.1, 0.15) is 25.2 Å². The Hall–Kier alpha value is -1.61. The van der Waals surface area contributed by atoms with E-state index in [9.17, 15) is 4.39 Å². The third-order valence-electron chi connectivity index (χ3n) is 2.66. The predicted molar refractivity (Wildman–Crippen MR) is 62.9 cm³/mol. The lowest BCUT2D eigenvalue weighted by Gasteiger charge is -2.23. The van der Waals surface area contributed by atoms with Gasteiger partial charge in [-0.2, -0.15) is 0 Å². The highest BCUT2D eigenvalue weighted by Gasteiger charge is 2.24. The van der Waals surface area contributed by atoms with E-state index >= 15 is 0 Å². The molecule has 0 saturated carbocycles. The summed E-state index contributed by atoms with van der Waals surface area (Å²) in [7, 11) is 0. The second kappa shape index (κ2) is 4.72. The molecule has 90 valence electrons. The van der Waals surface area contributed by atoms with Crippen LogP contribution in [0.2, 0.25) is 0 Å². The summed E-state index contributed by atoms with van der Waals surface area (Å²) >= 11 is 0. The van der Waals surface area contributed by atoms with Crippen LogP contribution in [0.3, 0.4) is 0 Å². The topological polar surface area (TPSA) is 22.4 Å². The summed E-state index contributed by atoms with van der Waals surface area (Å²) in [5.74, 6) is 0.483. The van der Waals surface area contributed by atoms with Crippen LogP contribution >= 0.6 is 0 Å². The van der Waals surface area contributed by atoms with E-state index in [2.05, 4.69) is 0 Å². The zero-order chi connectivity index (χ0) is 12.3. The fraction of sp³-hybridized carbons (Fsp3) is 0.286. The van der Waals surface area contributed by atoms with Crippen molar-refractivity contribution in [2.45, 2.75) is 26.1 Å². The molecule has 0 aliphatic rings. The van der Waals surface area contributed by atoms with Crippen LogP contribution in [-0.4, -0.2) is 0 Å². The number of halogens is 1. The summed E-state index contributed by atoms with van der Waals surface area (Å²) in [6.07, 6.45) is 1.60. The molecule has 0 aliphatic carbocycles. The average Bonchev–Trinajstić information content (AvgIpc) is 2.82. The Morgan fingerprint density at radius 1 is 1.18 bits per heavy atom. The van der Waals surface area contributed by atoms with Gasteiger partial charge in [0.1, 0.15) is 17.2 Å². The van der Waals surface area contributed by atoms with Crippen molar-refractivity contribution in [3.8, 4) is 0 Å². The number of hydrogen-bond acceptors (Lipinski definition) is 2. The lowest BCUT2D eigenvalue weighted by molar-refractivity contribution is -0.0490. The van der Waals surface area contributed by atoms with Crippen molar-refractivity contribution in [3.05, 3.63) is 59.8 Å². The molecule has 1 aromatic heterocycles. The zero-order valence-electron chi connectivity index (χ0n) is 9.94. The Morgan fingerprint density at radius 3 is 2.59 bits per heavy atom. The number of furan rings is 1. The molecular formula is C14H15FO2. The number of ether oxygens (including phenoxy) is 1. The third-order valence-corrected chi connectivity index (χ3v) is 2.66. The fourth-order valence-electron chi connectivity index (χ4n) is 1.57. The smallest absolute Gasteiger partial charge is 0.135 e. The molecule has 0 aliphatic heterocycles. The summed E-state index contributed by atoms with van der Waals surface area (Å²) in [6.45, 7) is 4.01.